The van der Waals surface area contributed by atoms with Crippen molar-refractivity contribution in [2.24, 2.45) is 23.7 Å². The van der Waals surface area contributed by atoms with Crippen molar-refractivity contribution >= 4 is 35.5 Å². The van der Waals surface area contributed by atoms with E-state index in [2.05, 4.69) is 26.6 Å². The van der Waals surface area contributed by atoms with E-state index >= 15 is 0 Å². The number of hydrogen-bond donors (Lipinski definition) is 8. The Bertz CT molecular complexity index is 1000. The van der Waals surface area contributed by atoms with Gasteiger partial charge < -0.3 is 41.9 Å². The van der Waals surface area contributed by atoms with Gasteiger partial charge in [0.2, 0.25) is 29.5 Å². The minimum atomic E-state index is -1.33. The van der Waals surface area contributed by atoms with Crippen molar-refractivity contribution in [2.45, 2.75) is 137 Å². The molecule has 0 saturated carbocycles. The molecule has 0 aliphatic heterocycles. The lowest BCUT2D eigenvalue weighted by molar-refractivity contribution is -0.140. The fourth-order valence-corrected chi connectivity index (χ4v) is 4.77. The molecule has 5 amide bonds. The molecule has 14 nitrogen and oxygen atoms in total. The highest BCUT2D eigenvalue weighted by Gasteiger charge is 2.33. The zero-order valence-corrected chi connectivity index (χ0v) is 28.5. The van der Waals surface area contributed by atoms with Crippen LogP contribution in [-0.4, -0.2) is 93.2 Å². The summed E-state index contributed by atoms with van der Waals surface area (Å²) in [7, 11) is 0. The molecule has 7 atom stereocenters. The number of hydrogen-bond acceptors (Lipinski definition) is 8. The second kappa shape index (κ2) is 20.0. The quantitative estimate of drug-likeness (QED) is 0.0920. The monoisotopic (exact) mass is 643 g/mol. The number of aliphatic hydroxyl groups is 2. The number of carbonyl (C=O) groups excluding carboxylic acids is 5. The lowest BCUT2D eigenvalue weighted by Gasteiger charge is -2.31. The van der Waals surface area contributed by atoms with Gasteiger partial charge in [-0.15, -0.1) is 0 Å². The molecular formula is C31H57N5O9. The molecule has 0 unspecified atom stereocenters. The van der Waals surface area contributed by atoms with Crippen molar-refractivity contribution in [3.8, 4) is 0 Å². The van der Waals surface area contributed by atoms with Gasteiger partial charge in [0.15, 0.2) is 0 Å². The molecule has 0 saturated heterocycles. The lowest BCUT2D eigenvalue weighted by atomic mass is 9.95. The SMILES string of the molecule is CC(=O)N[C@H](C(=O)N[C@H](C(=O)N[C@H](CC(C)C)[C@@H](O)CC(=O)N[C@@H](C)C(=O)N[C@@H](CC(C)C)[C@@H](O)CC(=O)O)C(C)C)C(C)C. The molecule has 0 fully saturated rings. The van der Waals surface area contributed by atoms with E-state index in [0.29, 0.717) is 12.8 Å². The molecule has 0 aromatic carbocycles. The number of carboxylic acids is 1. The Balaban J connectivity index is 5.54. The second-order valence-electron chi connectivity index (χ2n) is 13.4. The number of amides is 5. The summed E-state index contributed by atoms with van der Waals surface area (Å²) < 4.78 is 0. The minimum Gasteiger partial charge on any atom is -0.481 e. The molecule has 0 aromatic heterocycles. The summed E-state index contributed by atoms with van der Waals surface area (Å²) >= 11 is 0. The van der Waals surface area contributed by atoms with Gasteiger partial charge in [-0.25, -0.2) is 0 Å². The highest BCUT2D eigenvalue weighted by Crippen LogP contribution is 2.14. The van der Waals surface area contributed by atoms with E-state index in [4.69, 9.17) is 5.11 Å². The van der Waals surface area contributed by atoms with Crippen molar-refractivity contribution < 1.29 is 44.1 Å². The van der Waals surface area contributed by atoms with Crippen LogP contribution in [-0.2, 0) is 28.8 Å². The van der Waals surface area contributed by atoms with Crippen LogP contribution in [0, 0.1) is 23.7 Å². The van der Waals surface area contributed by atoms with Gasteiger partial charge >= 0.3 is 5.97 Å². The zero-order valence-electron chi connectivity index (χ0n) is 28.5. The third-order valence-corrected chi connectivity index (χ3v) is 7.14. The normalized spacial score (nSPS) is 16.3. The number of aliphatic carboxylic acids is 1. The van der Waals surface area contributed by atoms with Crippen LogP contribution in [0.4, 0.5) is 0 Å². The number of aliphatic hydroxyl groups excluding tert-OH is 2. The van der Waals surface area contributed by atoms with Crippen molar-refractivity contribution in [3.05, 3.63) is 0 Å². The van der Waals surface area contributed by atoms with Crippen LogP contribution in [0.5, 0.6) is 0 Å². The Morgan fingerprint density at radius 1 is 0.556 bits per heavy atom. The van der Waals surface area contributed by atoms with E-state index < -0.39 is 84.9 Å². The van der Waals surface area contributed by atoms with Gasteiger partial charge in [0, 0.05) is 6.92 Å². The molecule has 0 aromatic rings. The van der Waals surface area contributed by atoms with Crippen LogP contribution in [0.25, 0.3) is 0 Å². The molecule has 8 N–H and O–H groups in total. The van der Waals surface area contributed by atoms with Gasteiger partial charge in [-0.05, 0) is 43.4 Å². The second-order valence-corrected chi connectivity index (χ2v) is 13.4. The maximum absolute atomic E-state index is 13.3. The summed E-state index contributed by atoms with van der Waals surface area (Å²) in [5, 5.41) is 43.5. The fraction of sp³-hybridized carbons (Fsp3) is 0.806. The van der Waals surface area contributed by atoms with Crippen LogP contribution in [0.1, 0.15) is 94.9 Å². The van der Waals surface area contributed by atoms with E-state index in [1.165, 1.54) is 13.8 Å². The van der Waals surface area contributed by atoms with Gasteiger partial charge in [-0.3, -0.25) is 28.8 Å². The number of carboxylic acid groups (broad SMARTS) is 1. The summed E-state index contributed by atoms with van der Waals surface area (Å²) in [6, 6.07) is -4.59. The largest absolute Gasteiger partial charge is 0.481 e. The Labute approximate surface area is 267 Å². The maximum atomic E-state index is 13.3. The first-order valence-electron chi connectivity index (χ1n) is 15.7. The first kappa shape index (κ1) is 41.7. The summed E-state index contributed by atoms with van der Waals surface area (Å²) in [5.41, 5.74) is 0. The summed E-state index contributed by atoms with van der Waals surface area (Å²) in [4.78, 5) is 74.6. The Kier molecular flexibility index (Phi) is 18.5. The maximum Gasteiger partial charge on any atom is 0.306 e. The summed E-state index contributed by atoms with van der Waals surface area (Å²) in [5.74, 6) is -4.48. The first-order valence-corrected chi connectivity index (χ1v) is 15.7. The average Bonchev–Trinajstić information content (AvgIpc) is 2.87. The van der Waals surface area contributed by atoms with Crippen LogP contribution in [0.2, 0.25) is 0 Å². The van der Waals surface area contributed by atoms with E-state index in [1.807, 2.05) is 27.7 Å². The van der Waals surface area contributed by atoms with Crippen LogP contribution >= 0.6 is 0 Å². The molecular weight excluding hydrogens is 586 g/mol. The molecule has 0 radical (unpaired) electrons. The smallest absolute Gasteiger partial charge is 0.306 e. The highest BCUT2D eigenvalue weighted by molar-refractivity contribution is 5.92. The van der Waals surface area contributed by atoms with Crippen LogP contribution in [0.15, 0.2) is 0 Å². The third kappa shape index (κ3) is 16.6. The van der Waals surface area contributed by atoms with Gasteiger partial charge in [-0.1, -0.05) is 55.4 Å². The van der Waals surface area contributed by atoms with Crippen molar-refractivity contribution in [2.75, 3.05) is 0 Å². The third-order valence-electron chi connectivity index (χ3n) is 7.14. The molecule has 0 spiro atoms. The Morgan fingerprint density at radius 3 is 1.36 bits per heavy atom. The molecule has 0 aliphatic carbocycles. The Morgan fingerprint density at radius 2 is 0.956 bits per heavy atom. The molecule has 0 aliphatic rings. The molecule has 0 heterocycles. The lowest BCUT2D eigenvalue weighted by Crippen LogP contribution is -2.59. The van der Waals surface area contributed by atoms with E-state index in [9.17, 15) is 39.0 Å². The van der Waals surface area contributed by atoms with Crippen LogP contribution in [0.3, 0.4) is 0 Å². The highest BCUT2D eigenvalue weighted by atomic mass is 16.4. The molecule has 0 bridgehead atoms. The van der Waals surface area contributed by atoms with E-state index in [1.54, 1.807) is 27.7 Å². The molecule has 45 heavy (non-hydrogen) atoms. The predicted octanol–water partition coefficient (Wildman–Crippen LogP) is 0.441. The zero-order chi connectivity index (χ0) is 35.2. The van der Waals surface area contributed by atoms with Gasteiger partial charge in [0.25, 0.3) is 0 Å². The first-order chi connectivity index (χ1) is 20.7. The van der Waals surface area contributed by atoms with Crippen LogP contribution < -0.4 is 26.6 Å². The summed E-state index contributed by atoms with van der Waals surface area (Å²) in [6.45, 7) is 17.2. The van der Waals surface area contributed by atoms with Crippen molar-refractivity contribution in [3.63, 3.8) is 0 Å². The molecule has 0 rings (SSSR count). The number of rotatable bonds is 20. The fourth-order valence-electron chi connectivity index (χ4n) is 4.77. The van der Waals surface area contributed by atoms with Gasteiger partial charge in [0.05, 0.1) is 37.1 Å². The predicted molar refractivity (Wildman–Crippen MR) is 168 cm³/mol. The molecule has 260 valence electrons. The number of carbonyl (C=O) groups is 6. The summed E-state index contributed by atoms with van der Waals surface area (Å²) in [6.07, 6.45) is -3.01. The van der Waals surface area contributed by atoms with Gasteiger partial charge in [-0.2, -0.15) is 0 Å². The van der Waals surface area contributed by atoms with E-state index in [-0.39, 0.29) is 29.6 Å². The Hall–Kier alpha value is -3.26. The van der Waals surface area contributed by atoms with E-state index in [0.717, 1.165) is 0 Å². The average molecular weight is 644 g/mol. The van der Waals surface area contributed by atoms with Crippen molar-refractivity contribution in [1.29, 1.82) is 0 Å². The molecule has 14 heteroatoms. The van der Waals surface area contributed by atoms with Crippen molar-refractivity contribution in [1.82, 2.24) is 26.6 Å². The minimum absolute atomic E-state index is 0.0185. The topological polar surface area (TPSA) is 223 Å². The van der Waals surface area contributed by atoms with Gasteiger partial charge in [0.1, 0.15) is 18.1 Å². The standard InChI is InChI=1S/C31H57N5O9/c1-15(2)11-21(35-30(44)28(18(7)8)36-31(45)27(17(5)6)33-20(10)37)23(38)13-25(40)32-19(9)29(43)34-22(12-16(3)4)24(39)14-26(41)42/h15-19,21-24,27-28,38-39H,11-14H2,1-10H3,(H,32,40)(H,33,37)(H,34,43)(H,35,44)(H,36,45)(H,41,42)/t19-,21+,22-,23-,24-,27-,28-/m0/s1. The number of nitrogens with one attached hydrogen (secondary N) is 5.